The van der Waals surface area contributed by atoms with E-state index in [-0.39, 0.29) is 11.1 Å². The lowest BCUT2D eigenvalue weighted by Crippen LogP contribution is -2.10. The molecule has 0 bridgehead atoms. The van der Waals surface area contributed by atoms with Crippen LogP contribution >= 0.6 is 0 Å². The number of aliphatic hydroxyl groups is 1. The van der Waals surface area contributed by atoms with Crippen molar-refractivity contribution in [3.05, 3.63) is 34.9 Å². The molecule has 0 amide bonds. The first kappa shape index (κ1) is 11.7. The number of rotatable bonds is 2. The van der Waals surface area contributed by atoms with E-state index in [0.717, 1.165) is 12.1 Å². The number of alkyl halides is 3. The van der Waals surface area contributed by atoms with Gasteiger partial charge in [0.2, 0.25) is 0 Å². The SMILES string of the molecule is CC(=O)c1ccc(CO)c(C(F)(F)F)c1. The first-order chi connectivity index (χ1) is 6.86. The number of Topliss-reactive ketones (excluding diaryl/α,β-unsaturated/α-hetero) is 1. The van der Waals surface area contributed by atoms with Crippen molar-refractivity contribution in [3.8, 4) is 0 Å². The van der Waals surface area contributed by atoms with Gasteiger partial charge in [0.25, 0.3) is 0 Å². The zero-order valence-electron chi connectivity index (χ0n) is 7.93. The van der Waals surface area contributed by atoms with Crippen molar-refractivity contribution in [2.45, 2.75) is 19.7 Å². The van der Waals surface area contributed by atoms with E-state index in [1.807, 2.05) is 0 Å². The van der Waals surface area contributed by atoms with Gasteiger partial charge in [-0.3, -0.25) is 4.79 Å². The molecule has 1 rings (SSSR count). The average Bonchev–Trinajstić information content (AvgIpc) is 2.15. The van der Waals surface area contributed by atoms with Crippen LogP contribution in [0.3, 0.4) is 0 Å². The molecule has 2 nitrogen and oxygen atoms in total. The van der Waals surface area contributed by atoms with Gasteiger partial charge in [0.15, 0.2) is 5.78 Å². The maximum absolute atomic E-state index is 12.5. The Morgan fingerprint density at radius 3 is 2.40 bits per heavy atom. The highest BCUT2D eigenvalue weighted by molar-refractivity contribution is 5.94. The van der Waals surface area contributed by atoms with Crippen LogP contribution in [0.1, 0.15) is 28.4 Å². The van der Waals surface area contributed by atoms with Crippen LogP contribution < -0.4 is 0 Å². The smallest absolute Gasteiger partial charge is 0.392 e. The molecule has 0 spiro atoms. The highest BCUT2D eigenvalue weighted by Crippen LogP contribution is 2.32. The maximum atomic E-state index is 12.5. The molecule has 0 aliphatic heterocycles. The summed E-state index contributed by atoms with van der Waals surface area (Å²) >= 11 is 0. The molecule has 0 atom stereocenters. The van der Waals surface area contributed by atoms with Gasteiger partial charge in [-0.1, -0.05) is 12.1 Å². The Morgan fingerprint density at radius 1 is 1.40 bits per heavy atom. The molecule has 0 radical (unpaired) electrons. The fourth-order valence-corrected chi connectivity index (χ4v) is 1.20. The largest absolute Gasteiger partial charge is 0.416 e. The average molecular weight is 218 g/mol. The lowest BCUT2D eigenvalue weighted by atomic mass is 10.0. The molecular weight excluding hydrogens is 209 g/mol. The first-order valence-corrected chi connectivity index (χ1v) is 4.18. The number of ketones is 1. The topological polar surface area (TPSA) is 37.3 Å². The quantitative estimate of drug-likeness (QED) is 0.774. The van der Waals surface area contributed by atoms with Gasteiger partial charge in [-0.25, -0.2) is 0 Å². The van der Waals surface area contributed by atoms with Crippen LogP contribution in [0.2, 0.25) is 0 Å². The second-order valence-corrected chi connectivity index (χ2v) is 3.08. The third-order valence-corrected chi connectivity index (χ3v) is 1.99. The van der Waals surface area contributed by atoms with Gasteiger partial charge >= 0.3 is 6.18 Å². The predicted octanol–water partition coefficient (Wildman–Crippen LogP) is 2.40. The Hall–Kier alpha value is -1.36. The molecule has 0 aliphatic carbocycles. The number of halogens is 3. The van der Waals surface area contributed by atoms with Crippen molar-refractivity contribution < 1.29 is 23.1 Å². The number of benzene rings is 1. The van der Waals surface area contributed by atoms with Crippen LogP contribution in [0.15, 0.2) is 18.2 Å². The molecule has 1 aromatic carbocycles. The first-order valence-electron chi connectivity index (χ1n) is 4.18. The summed E-state index contributed by atoms with van der Waals surface area (Å²) in [7, 11) is 0. The Kier molecular flexibility index (Phi) is 3.14. The van der Waals surface area contributed by atoms with E-state index in [4.69, 9.17) is 5.11 Å². The summed E-state index contributed by atoms with van der Waals surface area (Å²) in [6.45, 7) is 0.487. The normalized spacial score (nSPS) is 11.5. The van der Waals surface area contributed by atoms with Crippen molar-refractivity contribution in [3.63, 3.8) is 0 Å². The molecule has 82 valence electrons. The molecule has 0 aliphatic rings. The molecular formula is C10H9F3O2. The van der Waals surface area contributed by atoms with E-state index < -0.39 is 24.1 Å². The molecule has 0 saturated heterocycles. The van der Waals surface area contributed by atoms with E-state index in [0.29, 0.717) is 0 Å². The van der Waals surface area contributed by atoms with Crippen LogP contribution in [0.4, 0.5) is 13.2 Å². The van der Waals surface area contributed by atoms with E-state index >= 15 is 0 Å². The second-order valence-electron chi connectivity index (χ2n) is 3.08. The maximum Gasteiger partial charge on any atom is 0.416 e. The van der Waals surface area contributed by atoms with E-state index in [9.17, 15) is 18.0 Å². The molecule has 0 aromatic heterocycles. The van der Waals surface area contributed by atoms with E-state index in [1.54, 1.807) is 0 Å². The number of aliphatic hydroxyl groups excluding tert-OH is 1. The Bertz CT molecular complexity index is 383. The third kappa shape index (κ3) is 2.56. The highest BCUT2D eigenvalue weighted by Gasteiger charge is 2.33. The number of hydrogen-bond donors (Lipinski definition) is 1. The van der Waals surface area contributed by atoms with Gasteiger partial charge in [-0.05, 0) is 18.6 Å². The highest BCUT2D eigenvalue weighted by atomic mass is 19.4. The van der Waals surface area contributed by atoms with Crippen LogP contribution in [0.5, 0.6) is 0 Å². The van der Waals surface area contributed by atoms with Gasteiger partial charge in [0.1, 0.15) is 0 Å². The Morgan fingerprint density at radius 2 is 2.00 bits per heavy atom. The predicted molar refractivity (Wildman–Crippen MR) is 47.4 cm³/mol. The van der Waals surface area contributed by atoms with Gasteiger partial charge in [0, 0.05) is 5.56 Å². The van der Waals surface area contributed by atoms with Crippen molar-refractivity contribution in [2.24, 2.45) is 0 Å². The summed E-state index contributed by atoms with van der Waals surface area (Å²) in [5, 5.41) is 8.73. The van der Waals surface area contributed by atoms with Gasteiger partial charge in [-0.2, -0.15) is 13.2 Å². The third-order valence-electron chi connectivity index (χ3n) is 1.99. The zero-order valence-corrected chi connectivity index (χ0v) is 7.93. The lowest BCUT2D eigenvalue weighted by molar-refractivity contribution is -0.138. The fourth-order valence-electron chi connectivity index (χ4n) is 1.20. The minimum atomic E-state index is -4.55. The second kappa shape index (κ2) is 4.02. The van der Waals surface area contributed by atoms with Gasteiger partial charge in [-0.15, -0.1) is 0 Å². The summed E-state index contributed by atoms with van der Waals surface area (Å²) < 4.78 is 37.4. The summed E-state index contributed by atoms with van der Waals surface area (Å²) in [6.07, 6.45) is -4.55. The minimum Gasteiger partial charge on any atom is -0.392 e. The molecule has 1 N–H and O–H groups in total. The fraction of sp³-hybridized carbons (Fsp3) is 0.300. The van der Waals surface area contributed by atoms with E-state index in [1.165, 1.54) is 13.0 Å². The standard InChI is InChI=1S/C10H9F3O2/c1-6(15)7-2-3-8(5-14)9(4-7)10(11,12)13/h2-4,14H,5H2,1H3. The van der Waals surface area contributed by atoms with Gasteiger partial charge in [0.05, 0.1) is 12.2 Å². The van der Waals surface area contributed by atoms with Gasteiger partial charge < -0.3 is 5.11 Å². The monoisotopic (exact) mass is 218 g/mol. The summed E-state index contributed by atoms with van der Waals surface area (Å²) in [5.74, 6) is -0.440. The van der Waals surface area contributed by atoms with Crippen LogP contribution in [-0.2, 0) is 12.8 Å². The molecule has 0 saturated carbocycles. The zero-order chi connectivity index (χ0) is 11.6. The summed E-state index contributed by atoms with van der Waals surface area (Å²) in [6, 6.07) is 3.14. The Labute approximate surface area is 84.3 Å². The molecule has 15 heavy (non-hydrogen) atoms. The number of carbonyl (C=O) groups excluding carboxylic acids is 1. The Balaban J connectivity index is 3.32. The minimum absolute atomic E-state index is 0.0143. The number of hydrogen-bond acceptors (Lipinski definition) is 2. The molecule has 5 heteroatoms. The van der Waals surface area contributed by atoms with Crippen LogP contribution in [0, 0.1) is 0 Å². The summed E-state index contributed by atoms with van der Waals surface area (Å²) in [4.78, 5) is 10.9. The lowest BCUT2D eigenvalue weighted by Gasteiger charge is -2.12. The molecule has 1 aromatic rings. The van der Waals surface area contributed by atoms with Crippen LogP contribution in [-0.4, -0.2) is 10.9 Å². The van der Waals surface area contributed by atoms with Crippen molar-refractivity contribution >= 4 is 5.78 Å². The molecule has 0 fully saturated rings. The van der Waals surface area contributed by atoms with Crippen molar-refractivity contribution in [1.29, 1.82) is 0 Å². The van der Waals surface area contributed by atoms with Crippen molar-refractivity contribution in [2.75, 3.05) is 0 Å². The van der Waals surface area contributed by atoms with E-state index in [2.05, 4.69) is 0 Å². The molecule has 0 unspecified atom stereocenters. The summed E-state index contributed by atoms with van der Waals surface area (Å²) in [5.41, 5.74) is -1.20. The van der Waals surface area contributed by atoms with Crippen molar-refractivity contribution in [1.82, 2.24) is 0 Å². The number of carbonyl (C=O) groups is 1. The van der Waals surface area contributed by atoms with Crippen LogP contribution in [0.25, 0.3) is 0 Å². The molecule has 0 heterocycles.